The molecule has 14 heavy (non-hydrogen) atoms. The van der Waals surface area contributed by atoms with Crippen LogP contribution in [0.25, 0.3) is 11.4 Å². The van der Waals surface area contributed by atoms with E-state index in [-0.39, 0.29) is 0 Å². The number of H-pyrrole nitrogens is 1. The molecule has 1 heterocycles. The van der Waals surface area contributed by atoms with Gasteiger partial charge in [-0.05, 0) is 16.8 Å². The van der Waals surface area contributed by atoms with Crippen LogP contribution in [0.1, 0.15) is 5.56 Å². The van der Waals surface area contributed by atoms with Crippen molar-refractivity contribution in [2.45, 2.75) is 0 Å². The quantitative estimate of drug-likeness (QED) is 0.399. The lowest BCUT2D eigenvalue weighted by Gasteiger charge is -1.95. The van der Waals surface area contributed by atoms with Crippen LogP contribution in [0, 0.1) is 0 Å². The second-order valence-electron chi connectivity index (χ2n) is 2.64. The molecule has 0 radical (unpaired) electrons. The molecule has 6 nitrogen and oxygen atoms in total. The third-order valence-electron chi connectivity index (χ3n) is 1.71. The Morgan fingerprint density at radius 3 is 3.07 bits per heavy atom. The maximum absolute atomic E-state index is 5.05. The van der Waals surface area contributed by atoms with Crippen molar-refractivity contribution in [1.29, 1.82) is 0 Å². The van der Waals surface area contributed by atoms with E-state index in [2.05, 4.69) is 25.7 Å². The number of hydrogen-bond acceptors (Lipinski definition) is 5. The summed E-state index contributed by atoms with van der Waals surface area (Å²) in [5.74, 6) is 5.60. The number of aromatic amines is 1. The first-order chi connectivity index (χ1) is 6.90. The fraction of sp³-hybridized carbons (Fsp3) is 0. The Hall–Kier alpha value is -2.24. The zero-order chi connectivity index (χ0) is 9.80. The van der Waals surface area contributed by atoms with Gasteiger partial charge in [-0.2, -0.15) is 10.3 Å². The van der Waals surface area contributed by atoms with Gasteiger partial charge in [0.2, 0.25) is 5.82 Å². The standard InChI is InChI=1S/C8H8N6/c9-10-5-6-2-1-3-7(4-6)8-11-13-14-12-8/h1-5H,9H2,(H,11,12,13,14). The minimum atomic E-state index is 0.553. The fourth-order valence-electron chi connectivity index (χ4n) is 1.13. The summed E-state index contributed by atoms with van der Waals surface area (Å²) < 4.78 is 0. The zero-order valence-electron chi connectivity index (χ0n) is 7.25. The first-order valence-electron chi connectivity index (χ1n) is 3.97. The van der Waals surface area contributed by atoms with Crippen molar-refractivity contribution in [3.05, 3.63) is 29.8 Å². The molecule has 0 saturated heterocycles. The molecule has 0 atom stereocenters. The molecule has 70 valence electrons. The van der Waals surface area contributed by atoms with Crippen molar-refractivity contribution in [2.24, 2.45) is 10.9 Å². The molecule has 0 aliphatic heterocycles. The van der Waals surface area contributed by atoms with E-state index in [1.165, 1.54) is 0 Å². The van der Waals surface area contributed by atoms with Gasteiger partial charge < -0.3 is 5.84 Å². The summed E-state index contributed by atoms with van der Waals surface area (Å²) in [6.07, 6.45) is 1.56. The van der Waals surface area contributed by atoms with Gasteiger partial charge in [0.25, 0.3) is 0 Å². The van der Waals surface area contributed by atoms with Gasteiger partial charge in [0, 0.05) is 5.56 Å². The molecule has 0 spiro atoms. The summed E-state index contributed by atoms with van der Waals surface area (Å²) in [7, 11) is 0. The number of nitrogens with one attached hydrogen (secondary N) is 1. The van der Waals surface area contributed by atoms with Crippen LogP contribution in [0.3, 0.4) is 0 Å². The van der Waals surface area contributed by atoms with E-state index in [9.17, 15) is 0 Å². The van der Waals surface area contributed by atoms with Gasteiger partial charge in [-0.1, -0.05) is 18.2 Å². The molecule has 0 aliphatic carbocycles. The molecule has 1 aromatic heterocycles. The average molecular weight is 188 g/mol. The van der Waals surface area contributed by atoms with Crippen LogP contribution in [0.15, 0.2) is 29.4 Å². The van der Waals surface area contributed by atoms with Gasteiger partial charge in [-0.3, -0.25) is 0 Å². The van der Waals surface area contributed by atoms with Gasteiger partial charge in [-0.15, -0.1) is 10.2 Å². The van der Waals surface area contributed by atoms with Crippen molar-refractivity contribution < 1.29 is 0 Å². The van der Waals surface area contributed by atoms with Crippen molar-refractivity contribution in [2.75, 3.05) is 0 Å². The molecule has 1 aromatic carbocycles. The van der Waals surface area contributed by atoms with Gasteiger partial charge in [0.05, 0.1) is 6.21 Å². The fourth-order valence-corrected chi connectivity index (χ4v) is 1.13. The Morgan fingerprint density at radius 2 is 2.36 bits per heavy atom. The second-order valence-corrected chi connectivity index (χ2v) is 2.64. The lowest BCUT2D eigenvalue weighted by molar-refractivity contribution is 0.881. The van der Waals surface area contributed by atoms with Crippen LogP contribution < -0.4 is 5.84 Å². The summed E-state index contributed by atoms with van der Waals surface area (Å²) in [5.41, 5.74) is 1.77. The second kappa shape index (κ2) is 3.65. The highest BCUT2D eigenvalue weighted by molar-refractivity contribution is 5.81. The Labute approximate surface area is 79.8 Å². The molecule has 2 aromatic rings. The topological polar surface area (TPSA) is 92.8 Å². The number of benzene rings is 1. The summed E-state index contributed by atoms with van der Waals surface area (Å²) in [6.45, 7) is 0. The Balaban J connectivity index is 2.40. The van der Waals surface area contributed by atoms with Crippen molar-refractivity contribution in [3.63, 3.8) is 0 Å². The molecule has 0 unspecified atom stereocenters. The predicted molar refractivity (Wildman–Crippen MR) is 51.4 cm³/mol. The zero-order valence-corrected chi connectivity index (χ0v) is 7.25. The molecule has 6 heteroatoms. The van der Waals surface area contributed by atoms with Crippen LogP contribution in [0.4, 0.5) is 0 Å². The van der Waals surface area contributed by atoms with Crippen molar-refractivity contribution >= 4 is 6.21 Å². The maximum atomic E-state index is 5.05. The molecule has 2 rings (SSSR count). The highest BCUT2D eigenvalue weighted by Crippen LogP contribution is 2.13. The van der Waals surface area contributed by atoms with Gasteiger partial charge in [0.15, 0.2) is 0 Å². The Morgan fingerprint density at radius 1 is 1.43 bits per heavy atom. The highest BCUT2D eigenvalue weighted by atomic mass is 15.5. The molecule has 0 aliphatic rings. The molecule has 3 N–H and O–H groups in total. The summed E-state index contributed by atoms with van der Waals surface area (Å²) >= 11 is 0. The van der Waals surface area contributed by atoms with Crippen LogP contribution >= 0.6 is 0 Å². The van der Waals surface area contributed by atoms with E-state index in [0.29, 0.717) is 5.82 Å². The minimum absolute atomic E-state index is 0.553. The number of aromatic nitrogens is 4. The van der Waals surface area contributed by atoms with Crippen LogP contribution in [-0.4, -0.2) is 26.8 Å². The van der Waals surface area contributed by atoms with E-state index in [0.717, 1.165) is 11.1 Å². The lowest BCUT2D eigenvalue weighted by atomic mass is 10.1. The van der Waals surface area contributed by atoms with Crippen LogP contribution in [0.2, 0.25) is 0 Å². The van der Waals surface area contributed by atoms with Crippen molar-refractivity contribution in [3.8, 4) is 11.4 Å². The number of hydrogen-bond donors (Lipinski definition) is 2. The smallest absolute Gasteiger partial charge is 0.204 e. The third-order valence-corrected chi connectivity index (χ3v) is 1.71. The lowest BCUT2D eigenvalue weighted by Crippen LogP contribution is -1.88. The molecule has 0 amide bonds. The van der Waals surface area contributed by atoms with E-state index >= 15 is 0 Å². The largest absolute Gasteiger partial charge is 0.323 e. The number of nitrogens with two attached hydrogens (primary N) is 1. The van der Waals surface area contributed by atoms with Gasteiger partial charge in [0.1, 0.15) is 0 Å². The van der Waals surface area contributed by atoms with Crippen molar-refractivity contribution in [1.82, 2.24) is 20.6 Å². The van der Waals surface area contributed by atoms with Gasteiger partial charge >= 0.3 is 0 Å². The minimum Gasteiger partial charge on any atom is -0.323 e. The first kappa shape index (κ1) is 8.36. The van der Waals surface area contributed by atoms with Gasteiger partial charge in [-0.25, -0.2) is 0 Å². The number of nitrogens with zero attached hydrogens (tertiary/aromatic N) is 4. The Kier molecular flexibility index (Phi) is 2.18. The SMILES string of the molecule is NN=Cc1cccc(-c2nn[nH]n2)c1. The van der Waals surface area contributed by atoms with E-state index in [4.69, 9.17) is 5.84 Å². The Bertz CT molecular complexity index is 433. The summed E-state index contributed by atoms with van der Waals surface area (Å²) in [4.78, 5) is 0. The molecule has 0 fully saturated rings. The monoisotopic (exact) mass is 188 g/mol. The normalized spacial score (nSPS) is 10.9. The molecule has 0 saturated carbocycles. The summed E-state index contributed by atoms with van der Waals surface area (Å²) in [5, 5.41) is 17.0. The number of rotatable bonds is 2. The average Bonchev–Trinajstić information content (AvgIpc) is 2.71. The van der Waals surface area contributed by atoms with E-state index < -0.39 is 0 Å². The molecular formula is C8H8N6. The molecule has 0 bridgehead atoms. The third kappa shape index (κ3) is 1.58. The number of tetrazole rings is 1. The predicted octanol–water partition coefficient (Wildman–Crippen LogP) is 0.159. The maximum Gasteiger partial charge on any atom is 0.204 e. The number of hydrazone groups is 1. The highest BCUT2D eigenvalue weighted by Gasteiger charge is 2.01. The van der Waals surface area contributed by atoms with E-state index in [1.54, 1.807) is 6.21 Å². The molecular weight excluding hydrogens is 180 g/mol. The summed E-state index contributed by atoms with van der Waals surface area (Å²) in [6, 6.07) is 7.53. The van der Waals surface area contributed by atoms with Crippen LogP contribution in [-0.2, 0) is 0 Å². The van der Waals surface area contributed by atoms with E-state index in [1.807, 2.05) is 24.3 Å². The van der Waals surface area contributed by atoms with Crippen LogP contribution in [0.5, 0.6) is 0 Å². The first-order valence-corrected chi connectivity index (χ1v) is 3.97.